The highest BCUT2D eigenvalue weighted by Crippen LogP contribution is 2.36. The number of anilines is 1. The van der Waals surface area contributed by atoms with Crippen molar-refractivity contribution in [2.75, 3.05) is 5.32 Å². The average molecular weight is 383 g/mol. The third kappa shape index (κ3) is 3.38. The van der Waals surface area contributed by atoms with Gasteiger partial charge in [-0.2, -0.15) is 18.3 Å². The number of aromatic nitrogens is 2. The van der Waals surface area contributed by atoms with Crippen LogP contribution in [0.25, 0.3) is 0 Å². The zero-order chi connectivity index (χ0) is 15.8. The maximum Gasteiger partial charge on any atom is 0.434 e. The molecule has 0 bridgehead atoms. The van der Waals surface area contributed by atoms with Crippen LogP contribution in [0.2, 0.25) is 5.02 Å². The van der Waals surface area contributed by atoms with Crippen LogP contribution in [0, 0.1) is 0 Å². The summed E-state index contributed by atoms with van der Waals surface area (Å²) in [6.07, 6.45) is -4.69. The lowest BCUT2D eigenvalue weighted by atomic mass is 10.3. The van der Waals surface area contributed by atoms with E-state index in [0.29, 0.717) is 10.4 Å². The minimum atomic E-state index is -4.69. The smallest absolute Gasteiger partial charge is 0.321 e. The standard InChI is InChI=1S/C12H8BrClF3N3O/c1-20-10(12(15,16)17)8(14)9(19-20)11(21)18-7-4-2-6(13)3-5-7/h2-5H,1H3,(H,18,21). The van der Waals surface area contributed by atoms with Crippen LogP contribution in [0.5, 0.6) is 0 Å². The van der Waals surface area contributed by atoms with Gasteiger partial charge in [-0.25, -0.2) is 0 Å². The maximum atomic E-state index is 12.8. The van der Waals surface area contributed by atoms with Gasteiger partial charge in [0.1, 0.15) is 5.02 Å². The van der Waals surface area contributed by atoms with Crippen molar-refractivity contribution in [3.05, 3.63) is 45.1 Å². The summed E-state index contributed by atoms with van der Waals surface area (Å²) in [5.74, 6) is -0.812. The van der Waals surface area contributed by atoms with E-state index < -0.39 is 28.5 Å². The molecule has 112 valence electrons. The Labute approximate surface area is 131 Å². The summed E-state index contributed by atoms with van der Waals surface area (Å²) >= 11 is 8.86. The van der Waals surface area contributed by atoms with Gasteiger partial charge in [-0.15, -0.1) is 0 Å². The molecule has 1 N–H and O–H groups in total. The summed E-state index contributed by atoms with van der Waals surface area (Å²) in [4.78, 5) is 12.0. The van der Waals surface area contributed by atoms with Crippen LogP contribution in [0.3, 0.4) is 0 Å². The second kappa shape index (κ2) is 5.69. The summed E-state index contributed by atoms with van der Waals surface area (Å²) in [5, 5.41) is 5.24. The Morgan fingerprint density at radius 2 is 1.90 bits per heavy atom. The number of halogens is 5. The van der Waals surface area contributed by atoms with Crippen molar-refractivity contribution in [2.45, 2.75) is 6.18 Å². The van der Waals surface area contributed by atoms with Crippen LogP contribution >= 0.6 is 27.5 Å². The molecule has 9 heteroatoms. The van der Waals surface area contributed by atoms with E-state index in [1.54, 1.807) is 24.3 Å². The molecule has 0 aliphatic carbocycles. The first kappa shape index (κ1) is 15.8. The molecule has 1 heterocycles. The molecule has 0 aliphatic rings. The van der Waals surface area contributed by atoms with Crippen LogP contribution < -0.4 is 5.32 Å². The summed E-state index contributed by atoms with van der Waals surface area (Å²) in [5.41, 5.74) is -1.22. The third-order valence-corrected chi connectivity index (χ3v) is 3.46. The first-order valence-electron chi connectivity index (χ1n) is 5.56. The predicted molar refractivity (Wildman–Crippen MR) is 75.3 cm³/mol. The number of hydrogen-bond acceptors (Lipinski definition) is 2. The number of nitrogens with one attached hydrogen (secondary N) is 1. The first-order chi connectivity index (χ1) is 9.70. The lowest BCUT2D eigenvalue weighted by molar-refractivity contribution is -0.143. The van der Waals surface area contributed by atoms with Gasteiger partial charge in [-0.3, -0.25) is 9.48 Å². The molecule has 0 aliphatic heterocycles. The number of carbonyl (C=O) groups is 1. The zero-order valence-electron chi connectivity index (χ0n) is 10.5. The lowest BCUT2D eigenvalue weighted by Crippen LogP contribution is -2.13. The summed E-state index contributed by atoms with van der Waals surface area (Å²) in [6.45, 7) is 0. The zero-order valence-corrected chi connectivity index (χ0v) is 12.8. The Balaban J connectivity index is 2.30. The minimum absolute atomic E-state index is 0.415. The SMILES string of the molecule is Cn1nc(C(=O)Nc2ccc(Br)cc2)c(Cl)c1C(F)(F)F. The Kier molecular flexibility index (Phi) is 4.29. The van der Waals surface area contributed by atoms with Crippen LogP contribution in [0.1, 0.15) is 16.2 Å². The first-order valence-corrected chi connectivity index (χ1v) is 6.74. The fraction of sp³-hybridized carbons (Fsp3) is 0.167. The molecule has 1 amide bonds. The second-order valence-electron chi connectivity index (χ2n) is 4.09. The summed E-state index contributed by atoms with van der Waals surface area (Å²) in [6, 6.07) is 6.53. The van der Waals surface area contributed by atoms with E-state index in [2.05, 4.69) is 26.3 Å². The van der Waals surface area contributed by atoms with Gasteiger partial charge in [-0.1, -0.05) is 27.5 Å². The second-order valence-corrected chi connectivity index (χ2v) is 5.39. The van der Waals surface area contributed by atoms with E-state index >= 15 is 0 Å². The number of nitrogens with zero attached hydrogens (tertiary/aromatic N) is 2. The average Bonchev–Trinajstić information content (AvgIpc) is 2.67. The number of carbonyl (C=O) groups excluding carboxylic acids is 1. The Morgan fingerprint density at radius 1 is 1.33 bits per heavy atom. The topological polar surface area (TPSA) is 46.9 Å². The van der Waals surface area contributed by atoms with E-state index in [1.165, 1.54) is 0 Å². The molecule has 4 nitrogen and oxygen atoms in total. The van der Waals surface area contributed by atoms with Gasteiger partial charge in [0, 0.05) is 17.2 Å². The van der Waals surface area contributed by atoms with Gasteiger partial charge in [0.2, 0.25) is 0 Å². The monoisotopic (exact) mass is 381 g/mol. The molecule has 1 aromatic carbocycles. The number of hydrogen-bond donors (Lipinski definition) is 1. The Bertz CT molecular complexity index is 682. The molecule has 1 aromatic heterocycles. The van der Waals surface area contributed by atoms with Gasteiger partial charge in [0.05, 0.1) is 0 Å². The van der Waals surface area contributed by atoms with Crippen molar-refractivity contribution in [1.29, 1.82) is 0 Å². The fourth-order valence-electron chi connectivity index (χ4n) is 1.67. The van der Waals surface area contributed by atoms with Crippen molar-refractivity contribution >= 4 is 39.1 Å². The summed E-state index contributed by atoms with van der Waals surface area (Å²) < 4.78 is 39.7. The quantitative estimate of drug-likeness (QED) is 0.850. The van der Waals surface area contributed by atoms with E-state index in [-0.39, 0.29) is 0 Å². The van der Waals surface area contributed by atoms with Crippen LogP contribution in [0.15, 0.2) is 28.7 Å². The highest BCUT2D eigenvalue weighted by Gasteiger charge is 2.39. The van der Waals surface area contributed by atoms with Gasteiger partial charge in [0.15, 0.2) is 11.4 Å². The normalized spacial score (nSPS) is 11.5. The van der Waals surface area contributed by atoms with E-state index in [0.717, 1.165) is 11.5 Å². The Hall–Kier alpha value is -1.54. The van der Waals surface area contributed by atoms with Crippen molar-refractivity contribution in [1.82, 2.24) is 9.78 Å². The largest absolute Gasteiger partial charge is 0.434 e. The molecule has 0 spiro atoms. The highest BCUT2D eigenvalue weighted by molar-refractivity contribution is 9.10. The number of alkyl halides is 3. The van der Waals surface area contributed by atoms with Crippen molar-refractivity contribution in [2.24, 2.45) is 7.05 Å². The Morgan fingerprint density at radius 3 is 2.38 bits per heavy atom. The molecule has 2 rings (SSSR count). The van der Waals surface area contributed by atoms with Crippen LogP contribution in [-0.2, 0) is 13.2 Å². The molecule has 0 radical (unpaired) electrons. The number of rotatable bonds is 2. The molecule has 0 atom stereocenters. The molecule has 0 unspecified atom stereocenters. The lowest BCUT2D eigenvalue weighted by Gasteiger charge is -2.06. The molecular weight excluding hydrogens is 375 g/mol. The highest BCUT2D eigenvalue weighted by atomic mass is 79.9. The van der Waals surface area contributed by atoms with E-state index in [4.69, 9.17) is 11.6 Å². The van der Waals surface area contributed by atoms with Gasteiger partial charge < -0.3 is 5.32 Å². The molecule has 0 fully saturated rings. The maximum absolute atomic E-state index is 12.8. The number of amides is 1. The number of aryl methyl sites for hydroxylation is 1. The fourth-order valence-corrected chi connectivity index (χ4v) is 2.29. The molecule has 0 saturated heterocycles. The summed E-state index contributed by atoms with van der Waals surface area (Å²) in [7, 11) is 1.07. The number of benzene rings is 1. The van der Waals surface area contributed by atoms with Gasteiger partial charge in [-0.05, 0) is 24.3 Å². The predicted octanol–water partition coefficient (Wildman–Crippen LogP) is 4.11. The van der Waals surface area contributed by atoms with Crippen molar-refractivity contribution < 1.29 is 18.0 Å². The molecule has 21 heavy (non-hydrogen) atoms. The molecule has 0 saturated carbocycles. The third-order valence-electron chi connectivity index (χ3n) is 2.58. The van der Waals surface area contributed by atoms with Gasteiger partial charge >= 0.3 is 6.18 Å². The van der Waals surface area contributed by atoms with Crippen molar-refractivity contribution in [3.8, 4) is 0 Å². The molecule has 2 aromatic rings. The van der Waals surface area contributed by atoms with Gasteiger partial charge in [0.25, 0.3) is 5.91 Å². The minimum Gasteiger partial charge on any atom is -0.321 e. The van der Waals surface area contributed by atoms with Crippen LogP contribution in [-0.4, -0.2) is 15.7 Å². The van der Waals surface area contributed by atoms with E-state index in [9.17, 15) is 18.0 Å². The van der Waals surface area contributed by atoms with Crippen LogP contribution in [0.4, 0.5) is 18.9 Å². The van der Waals surface area contributed by atoms with E-state index in [1.807, 2.05) is 0 Å². The van der Waals surface area contributed by atoms with Crippen molar-refractivity contribution in [3.63, 3.8) is 0 Å². The molecular formula is C12H8BrClF3N3O.